The number of aromatic nitrogens is 2. The van der Waals surface area contributed by atoms with E-state index < -0.39 is 0 Å². The Balaban J connectivity index is 2.41. The van der Waals surface area contributed by atoms with Gasteiger partial charge >= 0.3 is 0 Å². The molecular formula is C8H11N2+. The monoisotopic (exact) mass is 135 g/mol. The fourth-order valence-electron chi connectivity index (χ4n) is 1.47. The van der Waals surface area contributed by atoms with E-state index in [-0.39, 0.29) is 0 Å². The topological polar surface area (TPSA) is 27.0 Å². The van der Waals surface area contributed by atoms with Crippen molar-refractivity contribution in [2.45, 2.75) is 25.7 Å². The summed E-state index contributed by atoms with van der Waals surface area (Å²) in [5.74, 6) is 0. The first-order valence-electron chi connectivity index (χ1n) is 3.80. The number of fused-ring (bicyclic) bond motifs is 1. The lowest BCUT2D eigenvalue weighted by molar-refractivity contribution is -0.383. The zero-order valence-corrected chi connectivity index (χ0v) is 5.93. The van der Waals surface area contributed by atoms with Gasteiger partial charge < -0.3 is 0 Å². The number of hydrogen-bond donors (Lipinski definition) is 0. The zero-order valence-electron chi connectivity index (χ0n) is 5.93. The third-order valence-electron chi connectivity index (χ3n) is 2.03. The summed E-state index contributed by atoms with van der Waals surface area (Å²) in [4.78, 5) is 7.27. The Morgan fingerprint density at radius 3 is 3.10 bits per heavy atom. The molecule has 0 aromatic carbocycles. The minimum atomic E-state index is 1.17. The lowest BCUT2D eigenvalue weighted by Gasteiger charge is -2.07. The molecular weight excluding hydrogens is 124 g/mol. The van der Waals surface area contributed by atoms with Crippen LogP contribution in [0.2, 0.25) is 0 Å². The minimum Gasteiger partial charge on any atom is -0.250 e. The maximum Gasteiger partial charge on any atom is 0.284 e. The summed E-state index contributed by atoms with van der Waals surface area (Å²) < 4.78 is 0. The average molecular weight is 135 g/mol. The molecule has 2 heteroatoms. The molecule has 0 saturated heterocycles. The van der Waals surface area contributed by atoms with Crippen molar-refractivity contribution in [3.63, 3.8) is 0 Å². The molecule has 52 valence electrons. The van der Waals surface area contributed by atoms with Gasteiger partial charge in [-0.05, 0) is 19.3 Å². The molecule has 1 aliphatic rings. The number of H-pyrrole nitrogens is 1. The summed E-state index contributed by atoms with van der Waals surface area (Å²) >= 11 is 0. The van der Waals surface area contributed by atoms with Crippen molar-refractivity contribution in [2.75, 3.05) is 0 Å². The molecule has 0 bridgehead atoms. The predicted molar refractivity (Wildman–Crippen MR) is 37.4 cm³/mol. The molecule has 1 aliphatic carbocycles. The van der Waals surface area contributed by atoms with E-state index in [1.165, 1.54) is 36.9 Å². The SMILES string of the molecule is c1nc2c(c[nH+]1)CCCC2. The van der Waals surface area contributed by atoms with E-state index in [0.29, 0.717) is 0 Å². The Kier molecular flexibility index (Phi) is 1.38. The van der Waals surface area contributed by atoms with Crippen LogP contribution in [0.1, 0.15) is 24.1 Å². The van der Waals surface area contributed by atoms with Gasteiger partial charge in [-0.1, -0.05) is 4.98 Å². The maximum absolute atomic E-state index is 4.26. The first kappa shape index (κ1) is 5.83. The average Bonchev–Trinajstić information content (AvgIpc) is 2.05. The van der Waals surface area contributed by atoms with Crippen molar-refractivity contribution in [2.24, 2.45) is 0 Å². The normalized spacial score (nSPS) is 16.4. The summed E-state index contributed by atoms with van der Waals surface area (Å²) in [6, 6.07) is 0. The highest BCUT2D eigenvalue weighted by molar-refractivity contribution is 5.16. The van der Waals surface area contributed by atoms with Gasteiger partial charge in [0.05, 0.1) is 6.20 Å². The minimum absolute atomic E-state index is 1.17. The summed E-state index contributed by atoms with van der Waals surface area (Å²) in [6.45, 7) is 0. The second kappa shape index (κ2) is 2.37. The third kappa shape index (κ3) is 0.897. The van der Waals surface area contributed by atoms with Crippen LogP contribution in [0.25, 0.3) is 0 Å². The van der Waals surface area contributed by atoms with E-state index in [1.54, 1.807) is 6.33 Å². The highest BCUT2D eigenvalue weighted by atomic mass is 14.8. The Morgan fingerprint density at radius 2 is 2.20 bits per heavy atom. The van der Waals surface area contributed by atoms with Crippen LogP contribution >= 0.6 is 0 Å². The Hall–Kier alpha value is -0.920. The molecule has 0 spiro atoms. The van der Waals surface area contributed by atoms with Crippen molar-refractivity contribution in [1.82, 2.24) is 4.98 Å². The number of aryl methyl sites for hydroxylation is 2. The quantitative estimate of drug-likeness (QED) is 0.516. The van der Waals surface area contributed by atoms with Crippen LogP contribution in [0.15, 0.2) is 12.5 Å². The van der Waals surface area contributed by atoms with Crippen LogP contribution in [0.5, 0.6) is 0 Å². The molecule has 0 aliphatic heterocycles. The maximum atomic E-state index is 4.26. The van der Waals surface area contributed by atoms with Crippen LogP contribution in [-0.4, -0.2) is 4.98 Å². The van der Waals surface area contributed by atoms with E-state index >= 15 is 0 Å². The number of nitrogens with one attached hydrogen (secondary N) is 1. The molecule has 0 amide bonds. The Morgan fingerprint density at radius 1 is 1.30 bits per heavy atom. The molecule has 1 aromatic rings. The van der Waals surface area contributed by atoms with Crippen LogP contribution in [0.4, 0.5) is 0 Å². The molecule has 0 unspecified atom stereocenters. The molecule has 0 radical (unpaired) electrons. The number of nitrogens with zero attached hydrogens (tertiary/aromatic N) is 1. The zero-order chi connectivity index (χ0) is 6.81. The molecule has 0 fully saturated rings. The van der Waals surface area contributed by atoms with Crippen LogP contribution < -0.4 is 4.98 Å². The van der Waals surface area contributed by atoms with Gasteiger partial charge in [0.15, 0.2) is 5.69 Å². The van der Waals surface area contributed by atoms with Crippen LogP contribution in [0, 0.1) is 0 Å². The smallest absolute Gasteiger partial charge is 0.250 e. The number of hydrogen-bond acceptors (Lipinski definition) is 1. The number of rotatable bonds is 0. The lowest BCUT2D eigenvalue weighted by atomic mass is 9.98. The lowest BCUT2D eigenvalue weighted by Crippen LogP contribution is -2.12. The van der Waals surface area contributed by atoms with Gasteiger partial charge in [0.25, 0.3) is 6.33 Å². The van der Waals surface area contributed by atoms with Gasteiger partial charge in [0.2, 0.25) is 0 Å². The van der Waals surface area contributed by atoms with Crippen molar-refractivity contribution in [1.29, 1.82) is 0 Å². The van der Waals surface area contributed by atoms with E-state index in [0.717, 1.165) is 0 Å². The van der Waals surface area contributed by atoms with Gasteiger partial charge in [-0.3, -0.25) is 4.98 Å². The summed E-state index contributed by atoms with van der Waals surface area (Å²) in [5, 5.41) is 0. The fourth-order valence-corrected chi connectivity index (χ4v) is 1.47. The summed E-state index contributed by atoms with van der Waals surface area (Å²) in [5.41, 5.74) is 2.71. The van der Waals surface area contributed by atoms with Crippen molar-refractivity contribution < 1.29 is 4.98 Å². The van der Waals surface area contributed by atoms with Crippen molar-refractivity contribution >= 4 is 0 Å². The Bertz CT molecular complexity index is 207. The first-order chi connectivity index (χ1) is 4.97. The summed E-state index contributed by atoms with van der Waals surface area (Å²) in [6.07, 6.45) is 8.85. The molecule has 0 atom stereocenters. The van der Waals surface area contributed by atoms with Crippen LogP contribution in [-0.2, 0) is 12.8 Å². The van der Waals surface area contributed by atoms with E-state index in [1.807, 2.05) is 0 Å². The fraction of sp³-hybridized carbons (Fsp3) is 0.500. The van der Waals surface area contributed by atoms with Gasteiger partial charge in [-0.15, -0.1) is 0 Å². The molecule has 2 rings (SSSR count). The second-order valence-corrected chi connectivity index (χ2v) is 2.75. The second-order valence-electron chi connectivity index (χ2n) is 2.75. The standard InChI is InChI=1S/C8H10N2/c1-2-4-8-7(3-1)5-9-6-10-8/h5-6H,1-4H2/p+1. The molecule has 0 saturated carbocycles. The summed E-state index contributed by atoms with van der Waals surface area (Å²) in [7, 11) is 0. The third-order valence-corrected chi connectivity index (χ3v) is 2.03. The van der Waals surface area contributed by atoms with Crippen molar-refractivity contribution in [3.05, 3.63) is 23.8 Å². The van der Waals surface area contributed by atoms with Crippen molar-refractivity contribution in [3.8, 4) is 0 Å². The van der Waals surface area contributed by atoms with Gasteiger partial charge in [0, 0.05) is 12.0 Å². The Labute approximate surface area is 60.3 Å². The molecule has 1 heterocycles. The van der Waals surface area contributed by atoms with E-state index in [9.17, 15) is 0 Å². The molecule has 1 aromatic heterocycles. The van der Waals surface area contributed by atoms with Gasteiger partial charge in [-0.2, -0.15) is 0 Å². The predicted octanol–water partition coefficient (Wildman–Crippen LogP) is 0.774. The highest BCUT2D eigenvalue weighted by Crippen LogP contribution is 2.15. The number of aromatic amines is 1. The molecule has 1 N–H and O–H groups in total. The van der Waals surface area contributed by atoms with E-state index in [4.69, 9.17) is 0 Å². The molecule has 10 heavy (non-hydrogen) atoms. The molecule has 2 nitrogen and oxygen atoms in total. The van der Waals surface area contributed by atoms with E-state index in [2.05, 4.69) is 16.2 Å². The highest BCUT2D eigenvalue weighted by Gasteiger charge is 2.13. The van der Waals surface area contributed by atoms with Crippen LogP contribution in [0.3, 0.4) is 0 Å². The first-order valence-corrected chi connectivity index (χ1v) is 3.80. The van der Waals surface area contributed by atoms with Gasteiger partial charge in [-0.25, -0.2) is 0 Å². The van der Waals surface area contributed by atoms with Gasteiger partial charge in [0.1, 0.15) is 0 Å². The largest absolute Gasteiger partial charge is 0.284 e.